The number of fused-ring (bicyclic) bond motifs is 1. The molecule has 0 bridgehead atoms. The van der Waals surface area contributed by atoms with Crippen LogP contribution in [0.2, 0.25) is 0 Å². The second kappa shape index (κ2) is 6.72. The third-order valence-corrected chi connectivity index (χ3v) is 4.84. The van der Waals surface area contributed by atoms with Crippen LogP contribution in [0.25, 0.3) is 10.8 Å². The number of rotatable bonds is 5. The summed E-state index contributed by atoms with van der Waals surface area (Å²) in [7, 11) is 0. The minimum absolute atomic E-state index is 0.0602. The van der Waals surface area contributed by atoms with Gasteiger partial charge >= 0.3 is 0 Å². The lowest BCUT2D eigenvalue weighted by Crippen LogP contribution is -2.11. The van der Waals surface area contributed by atoms with Crippen molar-refractivity contribution in [2.45, 2.75) is 25.7 Å². The molecule has 3 aromatic rings. The summed E-state index contributed by atoms with van der Waals surface area (Å²) in [4.78, 5) is 16.6. The number of thiazole rings is 1. The van der Waals surface area contributed by atoms with E-state index < -0.39 is 5.92 Å². The van der Waals surface area contributed by atoms with Gasteiger partial charge in [0.15, 0.2) is 11.7 Å². The van der Waals surface area contributed by atoms with Crippen molar-refractivity contribution in [3.05, 3.63) is 64.1 Å². The Balaban J connectivity index is 1.71. The number of benzene rings is 2. The molecule has 1 atom stereocenters. The van der Waals surface area contributed by atoms with E-state index >= 15 is 0 Å². The molecule has 0 unspecified atom stereocenters. The first kappa shape index (κ1) is 15.4. The highest BCUT2D eigenvalue weighted by atomic mass is 32.1. The molecule has 0 radical (unpaired) electrons. The monoisotopic (exact) mass is 320 g/mol. The maximum absolute atomic E-state index is 12.4. The van der Waals surface area contributed by atoms with Crippen molar-refractivity contribution < 1.29 is 4.79 Å². The van der Waals surface area contributed by atoms with E-state index in [0.29, 0.717) is 17.8 Å². The minimum Gasteiger partial charge on any atom is -0.298 e. The molecule has 0 fully saturated rings. The molecule has 2 aromatic carbocycles. The first-order chi connectivity index (χ1) is 11.2. The molecular weight excluding hydrogens is 304 g/mol. The quantitative estimate of drug-likeness (QED) is 0.699. The Bertz CT molecular complexity index is 892. The summed E-state index contributed by atoms with van der Waals surface area (Å²) in [6.45, 7) is 1.87. The zero-order valence-electron chi connectivity index (χ0n) is 12.8. The van der Waals surface area contributed by atoms with Crippen LogP contribution in [0.15, 0.2) is 47.8 Å². The predicted octanol–water partition coefficient (Wildman–Crippen LogP) is 4.41. The van der Waals surface area contributed by atoms with Gasteiger partial charge in [0.1, 0.15) is 5.01 Å². The lowest BCUT2D eigenvalue weighted by molar-refractivity contribution is -0.119. The van der Waals surface area contributed by atoms with Crippen molar-refractivity contribution in [2.75, 3.05) is 0 Å². The van der Waals surface area contributed by atoms with Crippen LogP contribution in [0.1, 0.15) is 28.6 Å². The van der Waals surface area contributed by atoms with Gasteiger partial charge in [-0.3, -0.25) is 4.79 Å². The van der Waals surface area contributed by atoms with Gasteiger partial charge < -0.3 is 0 Å². The number of carbonyl (C=O) groups is 1. The second-order valence-electron chi connectivity index (χ2n) is 5.54. The van der Waals surface area contributed by atoms with Crippen molar-refractivity contribution >= 4 is 27.9 Å². The van der Waals surface area contributed by atoms with E-state index in [1.54, 1.807) is 0 Å². The summed E-state index contributed by atoms with van der Waals surface area (Å²) in [5.74, 6) is -0.802. The van der Waals surface area contributed by atoms with Crippen LogP contribution in [0.3, 0.4) is 0 Å². The summed E-state index contributed by atoms with van der Waals surface area (Å²) < 4.78 is 0. The third kappa shape index (κ3) is 3.46. The summed E-state index contributed by atoms with van der Waals surface area (Å²) in [6, 6.07) is 16.5. The van der Waals surface area contributed by atoms with E-state index in [0.717, 1.165) is 11.3 Å². The number of nitrogens with zero attached hydrogens (tertiary/aromatic N) is 2. The largest absolute Gasteiger partial charge is 0.298 e. The van der Waals surface area contributed by atoms with E-state index in [4.69, 9.17) is 0 Å². The van der Waals surface area contributed by atoms with Crippen LogP contribution >= 0.6 is 11.3 Å². The van der Waals surface area contributed by atoms with E-state index in [1.807, 2.05) is 30.5 Å². The molecule has 114 valence electrons. The molecule has 0 aliphatic rings. The molecule has 3 rings (SSSR count). The topological polar surface area (TPSA) is 53.8 Å². The summed E-state index contributed by atoms with van der Waals surface area (Å²) in [5, 5.41) is 14.1. The molecule has 0 saturated carbocycles. The van der Waals surface area contributed by atoms with Gasteiger partial charge in [-0.25, -0.2) is 4.98 Å². The molecular formula is C19H16N2OS. The Kier molecular flexibility index (Phi) is 4.50. The van der Waals surface area contributed by atoms with Crippen LogP contribution in [-0.2, 0) is 11.2 Å². The van der Waals surface area contributed by atoms with Crippen molar-refractivity contribution in [3.63, 3.8) is 0 Å². The zero-order chi connectivity index (χ0) is 16.2. The number of Topliss-reactive ketones (excluding diaryl/α,β-unsaturated/α-hetero) is 1. The minimum atomic E-state index is -0.742. The number of aromatic nitrogens is 1. The van der Waals surface area contributed by atoms with Crippen LogP contribution in [0.4, 0.5) is 0 Å². The van der Waals surface area contributed by atoms with Gasteiger partial charge in [-0.2, -0.15) is 5.26 Å². The molecule has 4 heteroatoms. The van der Waals surface area contributed by atoms with Crippen molar-refractivity contribution in [3.8, 4) is 6.07 Å². The second-order valence-corrected chi connectivity index (χ2v) is 6.43. The molecule has 0 aliphatic heterocycles. The first-order valence-corrected chi connectivity index (χ1v) is 8.37. The molecule has 0 spiro atoms. The maximum atomic E-state index is 12.4. The smallest absolute Gasteiger partial charge is 0.157 e. The average Bonchev–Trinajstić information content (AvgIpc) is 2.99. The first-order valence-electron chi connectivity index (χ1n) is 7.49. The Morgan fingerprint density at radius 3 is 2.74 bits per heavy atom. The summed E-state index contributed by atoms with van der Waals surface area (Å²) >= 11 is 1.38. The highest BCUT2D eigenvalue weighted by Gasteiger charge is 2.22. The lowest BCUT2D eigenvalue weighted by atomic mass is 9.98. The number of hydrogen-bond acceptors (Lipinski definition) is 4. The molecule has 1 aromatic heterocycles. The van der Waals surface area contributed by atoms with Gasteiger partial charge in [0.25, 0.3) is 0 Å². The molecule has 0 N–H and O–H groups in total. The summed E-state index contributed by atoms with van der Waals surface area (Å²) in [6.07, 6.45) is 1.00. The number of aryl methyl sites for hydroxylation is 2. The van der Waals surface area contributed by atoms with Gasteiger partial charge in [-0.1, -0.05) is 42.5 Å². The lowest BCUT2D eigenvalue weighted by Gasteiger charge is -2.06. The molecule has 0 amide bonds. The Labute approximate surface area is 139 Å². The van der Waals surface area contributed by atoms with Crippen molar-refractivity contribution in [2.24, 2.45) is 0 Å². The molecule has 23 heavy (non-hydrogen) atoms. The maximum Gasteiger partial charge on any atom is 0.157 e. The van der Waals surface area contributed by atoms with Gasteiger partial charge in [0.05, 0.1) is 6.07 Å². The number of carbonyl (C=O) groups excluding carboxylic acids is 1. The van der Waals surface area contributed by atoms with Gasteiger partial charge in [0.2, 0.25) is 0 Å². The highest BCUT2D eigenvalue weighted by Crippen LogP contribution is 2.23. The van der Waals surface area contributed by atoms with Gasteiger partial charge in [-0.15, -0.1) is 11.3 Å². The van der Waals surface area contributed by atoms with E-state index in [9.17, 15) is 10.1 Å². The van der Waals surface area contributed by atoms with E-state index in [-0.39, 0.29) is 5.78 Å². The van der Waals surface area contributed by atoms with Crippen LogP contribution in [-0.4, -0.2) is 10.8 Å². The normalized spacial score (nSPS) is 12.0. The van der Waals surface area contributed by atoms with Gasteiger partial charge in [0, 0.05) is 17.5 Å². The standard InChI is InChI=1S/C19H16N2OS/c1-13-12-23-19(21-13)17(11-20)18(22)9-7-14-6-8-15-4-2-3-5-16(15)10-14/h2-6,8,10,12,17H,7,9H2,1H3/t17-/m0/s1. The molecule has 3 nitrogen and oxygen atoms in total. The van der Waals surface area contributed by atoms with Crippen molar-refractivity contribution in [1.29, 1.82) is 5.26 Å². The predicted molar refractivity (Wildman–Crippen MR) is 92.5 cm³/mol. The van der Waals surface area contributed by atoms with E-state index in [2.05, 4.69) is 35.3 Å². The van der Waals surface area contributed by atoms with Crippen LogP contribution in [0, 0.1) is 18.3 Å². The Morgan fingerprint density at radius 1 is 1.26 bits per heavy atom. The van der Waals surface area contributed by atoms with Crippen LogP contribution < -0.4 is 0 Å². The SMILES string of the molecule is Cc1csc([C@@H](C#N)C(=O)CCc2ccc3ccccc3c2)n1. The molecule has 0 aliphatic carbocycles. The fourth-order valence-electron chi connectivity index (χ4n) is 2.58. The molecule has 0 saturated heterocycles. The Morgan fingerprint density at radius 2 is 2.04 bits per heavy atom. The number of hydrogen-bond donors (Lipinski definition) is 0. The van der Waals surface area contributed by atoms with E-state index in [1.165, 1.54) is 22.1 Å². The van der Waals surface area contributed by atoms with Crippen molar-refractivity contribution in [1.82, 2.24) is 4.98 Å². The Hall–Kier alpha value is -2.51. The fraction of sp³-hybridized carbons (Fsp3) is 0.211. The highest BCUT2D eigenvalue weighted by molar-refractivity contribution is 7.09. The molecule has 1 heterocycles. The fourth-order valence-corrected chi connectivity index (χ4v) is 3.44. The number of ketones is 1. The third-order valence-electron chi connectivity index (χ3n) is 3.81. The van der Waals surface area contributed by atoms with Gasteiger partial charge in [-0.05, 0) is 29.7 Å². The zero-order valence-corrected chi connectivity index (χ0v) is 13.6. The summed E-state index contributed by atoms with van der Waals surface area (Å²) in [5.41, 5.74) is 1.97. The average molecular weight is 320 g/mol. The van der Waals surface area contributed by atoms with Crippen LogP contribution in [0.5, 0.6) is 0 Å². The number of nitriles is 1.